The predicted octanol–water partition coefficient (Wildman–Crippen LogP) is 0.157. The number of aryl methyl sites for hydroxylation is 1. The van der Waals surface area contributed by atoms with Crippen LogP contribution < -0.4 is 5.63 Å². The van der Waals surface area contributed by atoms with E-state index in [4.69, 9.17) is 5.11 Å². The minimum absolute atomic E-state index is 0.288. The summed E-state index contributed by atoms with van der Waals surface area (Å²) >= 11 is 0. The largest absolute Gasteiger partial charge is 0.481 e. The lowest BCUT2D eigenvalue weighted by atomic mass is 9.88. The Morgan fingerprint density at radius 1 is 1.62 bits per heavy atom. The smallest absolute Gasteiger partial charge is 0.360 e. The molecule has 1 atom stereocenters. The van der Waals surface area contributed by atoms with Crippen molar-refractivity contribution in [2.45, 2.75) is 19.3 Å². The van der Waals surface area contributed by atoms with Crippen LogP contribution in [0.25, 0.3) is 0 Å². The van der Waals surface area contributed by atoms with Crippen LogP contribution in [0.5, 0.6) is 0 Å². The highest BCUT2D eigenvalue weighted by atomic mass is 16.5. The highest BCUT2D eigenvalue weighted by Gasteiger charge is 2.27. The second-order valence-corrected chi connectivity index (χ2v) is 3.23. The number of carbonyl (C=O) groups is 1. The van der Waals surface area contributed by atoms with Crippen LogP contribution in [0.15, 0.2) is 9.32 Å². The molecule has 0 saturated carbocycles. The SMILES string of the molecule is O=C(O)C1CCc2[nH]oc(=O)c2C1. The first-order valence-corrected chi connectivity index (χ1v) is 4.10. The second-order valence-electron chi connectivity index (χ2n) is 3.23. The normalized spacial score (nSPS) is 21.1. The van der Waals surface area contributed by atoms with E-state index in [-0.39, 0.29) is 6.42 Å². The Kier molecular flexibility index (Phi) is 1.72. The maximum atomic E-state index is 11.0. The van der Waals surface area contributed by atoms with Crippen LogP contribution >= 0.6 is 0 Å². The molecule has 5 heteroatoms. The van der Waals surface area contributed by atoms with Crippen LogP contribution in [0.2, 0.25) is 0 Å². The number of carboxylic acid groups (broad SMARTS) is 1. The number of rotatable bonds is 1. The quantitative estimate of drug-likeness (QED) is 0.649. The molecule has 0 aromatic carbocycles. The number of aromatic nitrogens is 1. The Balaban J connectivity index is 2.33. The lowest BCUT2D eigenvalue weighted by molar-refractivity contribution is -0.142. The first-order valence-electron chi connectivity index (χ1n) is 4.10. The molecule has 1 aliphatic carbocycles. The molecule has 5 nitrogen and oxygen atoms in total. The van der Waals surface area contributed by atoms with Crippen LogP contribution in [0.3, 0.4) is 0 Å². The number of carboxylic acids is 1. The van der Waals surface area contributed by atoms with Crippen LogP contribution in [0.1, 0.15) is 17.7 Å². The van der Waals surface area contributed by atoms with Gasteiger partial charge in [0, 0.05) is 0 Å². The molecule has 1 aromatic rings. The van der Waals surface area contributed by atoms with Crippen molar-refractivity contribution in [1.29, 1.82) is 0 Å². The summed E-state index contributed by atoms with van der Waals surface area (Å²) < 4.78 is 4.57. The lowest BCUT2D eigenvalue weighted by Gasteiger charge is -2.15. The standard InChI is InChI=1S/C8H9NO4/c10-7(11)4-1-2-6-5(3-4)8(12)13-9-6/h4,9H,1-3H2,(H,10,11). The molecule has 1 unspecified atom stereocenters. The van der Waals surface area contributed by atoms with Crippen molar-refractivity contribution in [2.24, 2.45) is 5.92 Å². The summed E-state index contributed by atoms with van der Waals surface area (Å²) in [6.45, 7) is 0. The van der Waals surface area contributed by atoms with Gasteiger partial charge in [0.15, 0.2) is 0 Å². The molecule has 0 amide bonds. The molecule has 1 heterocycles. The molecule has 0 radical (unpaired) electrons. The monoisotopic (exact) mass is 183 g/mol. The molecule has 0 spiro atoms. The van der Waals surface area contributed by atoms with E-state index in [1.54, 1.807) is 0 Å². The highest BCUT2D eigenvalue weighted by molar-refractivity contribution is 5.70. The fourth-order valence-electron chi connectivity index (χ4n) is 1.64. The number of hydrogen-bond donors (Lipinski definition) is 2. The number of fused-ring (bicyclic) bond motifs is 1. The van der Waals surface area contributed by atoms with Gasteiger partial charge in [-0.2, -0.15) is 0 Å². The van der Waals surface area contributed by atoms with E-state index in [0.717, 1.165) is 5.69 Å². The molecule has 0 fully saturated rings. The summed E-state index contributed by atoms with van der Waals surface area (Å²) in [6.07, 6.45) is 1.44. The third-order valence-corrected chi connectivity index (χ3v) is 2.42. The molecule has 1 aromatic heterocycles. The van der Waals surface area contributed by atoms with E-state index in [1.807, 2.05) is 0 Å². The van der Waals surface area contributed by atoms with E-state index in [1.165, 1.54) is 0 Å². The molecular weight excluding hydrogens is 174 g/mol. The zero-order chi connectivity index (χ0) is 9.42. The van der Waals surface area contributed by atoms with E-state index >= 15 is 0 Å². The second kappa shape index (κ2) is 2.76. The fraction of sp³-hybridized carbons (Fsp3) is 0.500. The minimum Gasteiger partial charge on any atom is -0.481 e. The summed E-state index contributed by atoms with van der Waals surface area (Å²) in [6, 6.07) is 0. The summed E-state index contributed by atoms with van der Waals surface area (Å²) in [4.78, 5) is 21.7. The van der Waals surface area contributed by atoms with Gasteiger partial charge in [0.05, 0.1) is 17.2 Å². The van der Waals surface area contributed by atoms with Crippen molar-refractivity contribution < 1.29 is 14.4 Å². The number of H-pyrrole nitrogens is 1. The molecule has 2 N–H and O–H groups in total. The van der Waals surface area contributed by atoms with E-state index in [9.17, 15) is 9.59 Å². The molecule has 0 aliphatic heterocycles. The Bertz CT molecular complexity index is 389. The molecule has 0 bridgehead atoms. The summed E-state index contributed by atoms with van der Waals surface area (Å²) in [7, 11) is 0. The van der Waals surface area contributed by atoms with E-state index < -0.39 is 17.5 Å². The average Bonchev–Trinajstić information content (AvgIpc) is 2.47. The first-order chi connectivity index (χ1) is 6.18. The van der Waals surface area contributed by atoms with Gasteiger partial charge < -0.3 is 9.63 Å². The van der Waals surface area contributed by atoms with Gasteiger partial charge in [-0.3, -0.25) is 4.79 Å². The van der Waals surface area contributed by atoms with Crippen molar-refractivity contribution in [1.82, 2.24) is 5.16 Å². The molecular formula is C8H9NO4. The van der Waals surface area contributed by atoms with Gasteiger partial charge in [-0.25, -0.2) is 9.95 Å². The average molecular weight is 183 g/mol. The van der Waals surface area contributed by atoms with Crippen molar-refractivity contribution >= 4 is 5.97 Å². The zero-order valence-corrected chi connectivity index (χ0v) is 6.87. The summed E-state index contributed by atoms with van der Waals surface area (Å²) in [5.74, 6) is -1.28. The molecule has 70 valence electrons. The van der Waals surface area contributed by atoms with Crippen LogP contribution in [0, 0.1) is 5.92 Å². The summed E-state index contributed by atoms with van der Waals surface area (Å²) in [5.41, 5.74) is 0.821. The van der Waals surface area contributed by atoms with Gasteiger partial charge in [0.2, 0.25) is 0 Å². The van der Waals surface area contributed by atoms with Gasteiger partial charge >= 0.3 is 11.6 Å². The van der Waals surface area contributed by atoms with Gasteiger partial charge in [-0.05, 0) is 19.3 Å². The molecule has 0 saturated heterocycles. The highest BCUT2D eigenvalue weighted by Crippen LogP contribution is 2.21. The predicted molar refractivity (Wildman–Crippen MR) is 42.5 cm³/mol. The Morgan fingerprint density at radius 2 is 2.38 bits per heavy atom. The number of aliphatic carboxylic acids is 1. The maximum Gasteiger partial charge on any atom is 0.360 e. The third kappa shape index (κ3) is 1.26. The number of aromatic amines is 1. The third-order valence-electron chi connectivity index (χ3n) is 2.42. The van der Waals surface area contributed by atoms with E-state index in [2.05, 4.69) is 9.68 Å². The Hall–Kier alpha value is -1.52. The molecule has 1 aliphatic rings. The van der Waals surface area contributed by atoms with Crippen molar-refractivity contribution in [3.8, 4) is 0 Å². The minimum atomic E-state index is -0.841. The topological polar surface area (TPSA) is 83.3 Å². The van der Waals surface area contributed by atoms with Gasteiger partial charge in [-0.15, -0.1) is 0 Å². The van der Waals surface area contributed by atoms with Crippen LogP contribution in [0.4, 0.5) is 0 Å². The van der Waals surface area contributed by atoms with Gasteiger partial charge in [0.25, 0.3) is 0 Å². The molecule has 13 heavy (non-hydrogen) atoms. The van der Waals surface area contributed by atoms with Crippen molar-refractivity contribution in [3.63, 3.8) is 0 Å². The van der Waals surface area contributed by atoms with E-state index in [0.29, 0.717) is 18.4 Å². The Labute approximate surface area is 73.3 Å². The van der Waals surface area contributed by atoms with Crippen LogP contribution in [-0.2, 0) is 17.6 Å². The van der Waals surface area contributed by atoms with Crippen molar-refractivity contribution in [3.05, 3.63) is 21.7 Å². The van der Waals surface area contributed by atoms with Crippen molar-refractivity contribution in [2.75, 3.05) is 0 Å². The number of nitrogens with one attached hydrogen (secondary N) is 1. The number of hydrogen-bond acceptors (Lipinski definition) is 3. The van der Waals surface area contributed by atoms with Crippen LogP contribution in [-0.4, -0.2) is 16.2 Å². The summed E-state index contributed by atoms with van der Waals surface area (Å²) in [5, 5.41) is 11.3. The maximum absolute atomic E-state index is 11.0. The Morgan fingerprint density at radius 3 is 3.08 bits per heavy atom. The lowest BCUT2D eigenvalue weighted by Crippen LogP contribution is -2.24. The fourth-order valence-corrected chi connectivity index (χ4v) is 1.64. The van der Waals surface area contributed by atoms with Gasteiger partial charge in [-0.1, -0.05) is 0 Å². The first kappa shape index (κ1) is 8.10. The zero-order valence-electron chi connectivity index (χ0n) is 6.87. The molecule has 2 rings (SSSR count). The van der Waals surface area contributed by atoms with Gasteiger partial charge in [0.1, 0.15) is 0 Å².